The first-order valence-corrected chi connectivity index (χ1v) is 15.0. The molecule has 0 aromatic heterocycles. The number of carbonyl (C=O) groups is 1. The topological polar surface area (TPSA) is 39.3 Å². The summed E-state index contributed by atoms with van der Waals surface area (Å²) in [4.78, 5) is 22.4. The van der Waals surface area contributed by atoms with Crippen LogP contribution in [0.2, 0.25) is 0 Å². The molecule has 2 aromatic carbocycles. The van der Waals surface area contributed by atoms with Gasteiger partial charge in [-0.15, -0.1) is 0 Å². The van der Waals surface area contributed by atoms with E-state index in [1.54, 1.807) is 0 Å². The van der Waals surface area contributed by atoms with Crippen molar-refractivity contribution in [2.75, 3.05) is 66.0 Å². The van der Waals surface area contributed by atoms with Crippen LogP contribution >= 0.6 is 0 Å². The lowest BCUT2D eigenvalue weighted by Gasteiger charge is -2.49. The summed E-state index contributed by atoms with van der Waals surface area (Å²) in [5.74, 6) is 0.769. The maximum Gasteiger partial charge on any atom is 0.416 e. The number of piperidine rings is 1. The van der Waals surface area contributed by atoms with E-state index >= 15 is 0 Å². The maximum absolute atomic E-state index is 13.1. The van der Waals surface area contributed by atoms with Gasteiger partial charge in [0.05, 0.1) is 12.2 Å². The molecule has 0 spiro atoms. The second-order valence-electron chi connectivity index (χ2n) is 11.9. The van der Waals surface area contributed by atoms with Crippen LogP contribution in [-0.2, 0) is 6.18 Å². The third-order valence-electron chi connectivity index (χ3n) is 9.30. The minimum Gasteiger partial charge on any atom is -0.493 e. The third kappa shape index (κ3) is 6.89. The molecule has 0 aliphatic carbocycles. The molecule has 0 saturated carbocycles. The molecule has 9 heteroatoms. The Hall–Kier alpha value is -2.62. The molecule has 1 amide bonds. The largest absolute Gasteiger partial charge is 0.493 e. The minimum atomic E-state index is -4.41. The second-order valence-corrected chi connectivity index (χ2v) is 11.9. The minimum absolute atomic E-state index is 0.193. The molecule has 5 rings (SSSR count). The molecule has 3 aliphatic heterocycles. The van der Waals surface area contributed by atoms with Gasteiger partial charge in [-0.25, -0.2) is 0 Å². The van der Waals surface area contributed by atoms with E-state index < -0.39 is 11.7 Å². The maximum atomic E-state index is 13.1. The van der Waals surface area contributed by atoms with Crippen molar-refractivity contribution in [1.29, 1.82) is 0 Å². The molecule has 3 heterocycles. The molecule has 1 unspecified atom stereocenters. The molecule has 3 fully saturated rings. The van der Waals surface area contributed by atoms with Gasteiger partial charge in [0.2, 0.25) is 0 Å². The van der Waals surface area contributed by atoms with E-state index in [0.29, 0.717) is 31.3 Å². The van der Waals surface area contributed by atoms with Crippen LogP contribution in [-0.4, -0.2) is 97.6 Å². The van der Waals surface area contributed by atoms with Gasteiger partial charge in [0.1, 0.15) is 5.75 Å². The Morgan fingerprint density at radius 3 is 2.37 bits per heavy atom. The normalized spacial score (nSPS) is 22.9. The van der Waals surface area contributed by atoms with E-state index in [0.717, 1.165) is 82.8 Å². The predicted molar refractivity (Wildman–Crippen MR) is 154 cm³/mol. The predicted octanol–water partition coefficient (Wildman–Crippen LogP) is 5.39. The van der Waals surface area contributed by atoms with Crippen molar-refractivity contribution in [1.82, 2.24) is 19.6 Å². The first kappa shape index (κ1) is 29.9. The zero-order valence-electron chi connectivity index (χ0n) is 24.6. The van der Waals surface area contributed by atoms with Crippen LogP contribution in [0.5, 0.6) is 5.75 Å². The van der Waals surface area contributed by atoms with Crippen LogP contribution < -0.4 is 4.74 Å². The van der Waals surface area contributed by atoms with Crippen molar-refractivity contribution in [2.24, 2.45) is 0 Å². The lowest BCUT2D eigenvalue weighted by Crippen LogP contribution is -2.57. The third-order valence-corrected chi connectivity index (χ3v) is 9.30. The summed E-state index contributed by atoms with van der Waals surface area (Å²) in [5, 5.41) is 0. The number of benzene rings is 2. The Morgan fingerprint density at radius 1 is 0.927 bits per heavy atom. The van der Waals surface area contributed by atoms with E-state index in [-0.39, 0.29) is 11.9 Å². The lowest BCUT2D eigenvalue weighted by molar-refractivity contribution is -0.137. The number of rotatable bonds is 7. The number of likely N-dealkylation sites (N-methyl/N-ethyl adjacent to an activating group) is 1. The smallest absolute Gasteiger partial charge is 0.416 e. The Balaban J connectivity index is 1.18. The Bertz CT molecular complexity index is 1190. The summed E-state index contributed by atoms with van der Waals surface area (Å²) >= 11 is 0. The van der Waals surface area contributed by atoms with Crippen LogP contribution in [0.4, 0.5) is 13.2 Å². The Morgan fingerprint density at radius 2 is 1.66 bits per heavy atom. The van der Waals surface area contributed by atoms with E-state index in [1.165, 1.54) is 28.8 Å². The second kappa shape index (κ2) is 12.7. The molecule has 224 valence electrons. The van der Waals surface area contributed by atoms with Crippen molar-refractivity contribution in [3.05, 3.63) is 64.2 Å². The van der Waals surface area contributed by atoms with Crippen LogP contribution in [0.1, 0.15) is 64.3 Å². The van der Waals surface area contributed by atoms with Crippen molar-refractivity contribution >= 4 is 5.91 Å². The summed E-state index contributed by atoms with van der Waals surface area (Å²) in [5.41, 5.74) is 3.38. The van der Waals surface area contributed by atoms with Crippen molar-refractivity contribution in [3.63, 3.8) is 0 Å². The average Bonchev–Trinajstić information content (AvgIpc) is 2.97. The standard InChI is InChI=1S/C32H43F3N4O2/c1-23-24(2)30(41-21-5-14-37-17-15-36(3)16-18-37)13-12-28(23)29-7-4-6-27-22-38(19-20-39(27)29)31(40)25-8-10-26(11-9-25)32(33,34)35/h8-13,27,29H,4-7,14-22H2,1-3H3/t27-,29?/m0/s1. The molecule has 41 heavy (non-hydrogen) atoms. The number of nitrogens with zero attached hydrogens (tertiary/aromatic N) is 4. The van der Waals surface area contributed by atoms with Gasteiger partial charge in [-0.3, -0.25) is 9.69 Å². The monoisotopic (exact) mass is 572 g/mol. The number of hydrogen-bond donors (Lipinski definition) is 0. The first-order chi connectivity index (χ1) is 19.6. The lowest BCUT2D eigenvalue weighted by atomic mass is 9.86. The average molecular weight is 573 g/mol. The number of hydrogen-bond acceptors (Lipinski definition) is 5. The SMILES string of the molecule is Cc1c(OCCCN2CCN(C)CC2)ccc(C2CCC[C@H]3CN(C(=O)c4ccc(C(F)(F)F)cc4)CCN23)c1C. The van der Waals surface area contributed by atoms with Crippen LogP contribution in [0.25, 0.3) is 0 Å². The van der Waals surface area contributed by atoms with Crippen LogP contribution in [0.15, 0.2) is 36.4 Å². The summed E-state index contributed by atoms with van der Waals surface area (Å²) in [7, 11) is 2.18. The quantitative estimate of drug-likeness (QED) is 0.416. The van der Waals surface area contributed by atoms with E-state index in [2.05, 4.69) is 47.7 Å². The van der Waals surface area contributed by atoms with E-state index in [9.17, 15) is 18.0 Å². The van der Waals surface area contributed by atoms with Crippen LogP contribution in [0.3, 0.4) is 0 Å². The highest BCUT2D eigenvalue weighted by molar-refractivity contribution is 5.94. The molecule has 2 aromatic rings. The fourth-order valence-corrected chi connectivity index (χ4v) is 6.63. The highest BCUT2D eigenvalue weighted by atomic mass is 19.4. The van der Waals surface area contributed by atoms with Gasteiger partial charge < -0.3 is 19.4 Å². The van der Waals surface area contributed by atoms with Gasteiger partial charge in [0.25, 0.3) is 5.91 Å². The fraction of sp³-hybridized carbons (Fsp3) is 0.594. The number of piperazine rings is 2. The Kier molecular flexibility index (Phi) is 9.26. The molecule has 3 aliphatic rings. The van der Waals surface area contributed by atoms with Gasteiger partial charge in [0.15, 0.2) is 0 Å². The van der Waals surface area contributed by atoms with Gasteiger partial charge in [0, 0.05) is 70.0 Å². The molecule has 6 nitrogen and oxygen atoms in total. The van der Waals surface area contributed by atoms with Crippen molar-refractivity contribution in [3.8, 4) is 5.75 Å². The van der Waals surface area contributed by atoms with Gasteiger partial charge in [-0.2, -0.15) is 13.2 Å². The van der Waals surface area contributed by atoms with Crippen LogP contribution in [0, 0.1) is 13.8 Å². The summed E-state index contributed by atoms with van der Waals surface area (Å²) in [6, 6.07) is 9.46. The molecular formula is C32H43F3N4O2. The number of ether oxygens (including phenoxy) is 1. The number of carbonyl (C=O) groups excluding carboxylic acids is 1. The van der Waals surface area contributed by atoms with E-state index in [4.69, 9.17) is 4.74 Å². The van der Waals surface area contributed by atoms with E-state index in [1.807, 2.05) is 4.90 Å². The highest BCUT2D eigenvalue weighted by Gasteiger charge is 2.38. The first-order valence-electron chi connectivity index (χ1n) is 15.0. The van der Waals surface area contributed by atoms with Gasteiger partial charge >= 0.3 is 6.18 Å². The number of alkyl halides is 3. The van der Waals surface area contributed by atoms with Gasteiger partial charge in [-0.1, -0.05) is 6.07 Å². The molecular weight excluding hydrogens is 529 g/mol. The Labute approximate surface area is 242 Å². The zero-order valence-corrected chi connectivity index (χ0v) is 24.6. The fourth-order valence-electron chi connectivity index (χ4n) is 6.63. The molecule has 3 saturated heterocycles. The van der Waals surface area contributed by atoms with Crippen molar-refractivity contribution in [2.45, 2.75) is 57.8 Å². The molecule has 2 atom stereocenters. The summed E-state index contributed by atoms with van der Waals surface area (Å²) < 4.78 is 45.1. The van der Waals surface area contributed by atoms with Crippen molar-refractivity contribution < 1.29 is 22.7 Å². The molecule has 0 radical (unpaired) electrons. The number of amides is 1. The summed E-state index contributed by atoms with van der Waals surface area (Å²) in [6.07, 6.45) is -0.217. The zero-order chi connectivity index (χ0) is 29.1. The number of fused-ring (bicyclic) bond motifs is 1. The number of halogens is 3. The van der Waals surface area contributed by atoms with Gasteiger partial charge in [-0.05, 0) is 93.6 Å². The summed E-state index contributed by atoms with van der Waals surface area (Å²) in [6.45, 7) is 12.6. The highest BCUT2D eigenvalue weighted by Crippen LogP contribution is 2.40. The molecule has 0 N–H and O–H groups in total. The molecule has 0 bridgehead atoms.